The van der Waals surface area contributed by atoms with Crippen LogP contribution in [0.1, 0.15) is 65.7 Å². The first-order chi connectivity index (χ1) is 20.6. The molecule has 9 heteroatoms. The molecule has 2 amide bonds. The van der Waals surface area contributed by atoms with Gasteiger partial charge in [0.15, 0.2) is 0 Å². The van der Waals surface area contributed by atoms with Crippen LogP contribution < -0.4 is 25.9 Å². The maximum absolute atomic E-state index is 13.2. The standard InChI is InChI=1S/C34H46N6O3/c1-33(2,3)25-10-12-38(13-11-25)26-8-9-29(36-21-26)39-14-15-40(28-7-5-4-6-27(28)39)43-32(42)37-30-23-16-22-17-24(30)20-34(18-22,19-23)31(35)41/h4-9,21-25,30H,10-20H2,1-3H3,(H2,35,41)(H,37,42)/t22?,23-,24+,30?,34?. The lowest BCUT2D eigenvalue weighted by Gasteiger charge is -2.58. The number of amides is 2. The molecule has 1 aromatic carbocycles. The maximum atomic E-state index is 13.2. The van der Waals surface area contributed by atoms with Crippen molar-refractivity contribution in [2.75, 3.05) is 41.0 Å². The first-order valence-corrected chi connectivity index (χ1v) is 16.2. The summed E-state index contributed by atoms with van der Waals surface area (Å²) in [5, 5.41) is 4.91. The topological polar surface area (TPSA) is 104 Å². The van der Waals surface area contributed by atoms with Crippen LogP contribution >= 0.6 is 0 Å². The number of fused-ring (bicyclic) bond motifs is 1. The van der Waals surface area contributed by atoms with Crippen LogP contribution in [-0.4, -0.2) is 49.2 Å². The van der Waals surface area contributed by atoms with Crippen molar-refractivity contribution in [3.63, 3.8) is 0 Å². The Morgan fingerprint density at radius 3 is 2.28 bits per heavy atom. The molecule has 6 aliphatic rings. The van der Waals surface area contributed by atoms with E-state index in [-0.39, 0.29) is 29.2 Å². The Labute approximate surface area is 255 Å². The minimum Gasteiger partial charge on any atom is -0.370 e. The fraction of sp³-hybridized carbons (Fsp3) is 0.618. The van der Waals surface area contributed by atoms with Gasteiger partial charge in [0.05, 0.1) is 29.8 Å². The number of anilines is 4. The molecule has 1 aromatic heterocycles. The van der Waals surface area contributed by atoms with Crippen molar-refractivity contribution in [3.05, 3.63) is 42.6 Å². The number of piperidine rings is 1. The Morgan fingerprint density at radius 2 is 1.65 bits per heavy atom. The number of aromatic nitrogens is 1. The van der Waals surface area contributed by atoms with E-state index in [4.69, 9.17) is 15.6 Å². The molecule has 3 N–H and O–H groups in total. The number of hydrogen-bond acceptors (Lipinski definition) is 7. The van der Waals surface area contributed by atoms with Crippen molar-refractivity contribution in [3.8, 4) is 0 Å². The zero-order valence-corrected chi connectivity index (χ0v) is 25.8. The molecule has 0 spiro atoms. The Morgan fingerprint density at radius 1 is 0.953 bits per heavy atom. The van der Waals surface area contributed by atoms with Gasteiger partial charge in [0, 0.05) is 31.1 Å². The van der Waals surface area contributed by atoms with Crippen LogP contribution in [0.3, 0.4) is 0 Å². The van der Waals surface area contributed by atoms with Gasteiger partial charge in [-0.15, -0.1) is 0 Å². The summed E-state index contributed by atoms with van der Waals surface area (Å²) in [5.74, 6) is 2.61. The number of nitrogens with zero attached hydrogens (tertiary/aromatic N) is 4. The summed E-state index contributed by atoms with van der Waals surface area (Å²) in [6, 6.07) is 12.3. The number of rotatable bonds is 5. The molecule has 5 fully saturated rings. The van der Waals surface area contributed by atoms with Crippen LogP contribution in [0.25, 0.3) is 0 Å². The normalized spacial score (nSPS) is 30.3. The van der Waals surface area contributed by atoms with Crippen molar-refractivity contribution in [1.82, 2.24) is 10.3 Å². The van der Waals surface area contributed by atoms with Gasteiger partial charge in [-0.25, -0.2) is 14.8 Å². The highest BCUT2D eigenvalue weighted by Crippen LogP contribution is 2.60. The van der Waals surface area contributed by atoms with Gasteiger partial charge in [-0.1, -0.05) is 32.9 Å². The number of pyridine rings is 1. The third-order valence-electron chi connectivity index (χ3n) is 11.3. The van der Waals surface area contributed by atoms with E-state index in [0.717, 1.165) is 68.3 Å². The molecule has 5 atom stereocenters. The van der Waals surface area contributed by atoms with E-state index in [1.165, 1.54) is 18.5 Å². The third kappa shape index (κ3) is 5.18. The average molecular weight is 587 g/mol. The summed E-state index contributed by atoms with van der Waals surface area (Å²) in [6.07, 6.45) is 8.59. The van der Waals surface area contributed by atoms with Gasteiger partial charge < -0.3 is 25.7 Å². The maximum Gasteiger partial charge on any atom is 0.431 e. The molecular formula is C34H46N6O3. The molecule has 2 aromatic rings. The Kier molecular flexibility index (Phi) is 6.97. The first kappa shape index (κ1) is 28.3. The molecule has 9 nitrogen and oxygen atoms in total. The molecule has 1 saturated heterocycles. The minimum atomic E-state index is -0.424. The zero-order chi connectivity index (χ0) is 29.9. The van der Waals surface area contributed by atoms with Crippen molar-refractivity contribution >= 4 is 34.9 Å². The number of benzene rings is 1. The van der Waals surface area contributed by atoms with E-state index in [1.807, 2.05) is 24.4 Å². The van der Waals surface area contributed by atoms with Crippen LogP contribution in [0.2, 0.25) is 0 Å². The van der Waals surface area contributed by atoms with E-state index in [0.29, 0.717) is 24.4 Å². The number of para-hydroxylation sites is 2. The highest BCUT2D eigenvalue weighted by Gasteiger charge is 2.58. The predicted molar refractivity (Wildman–Crippen MR) is 168 cm³/mol. The molecule has 4 bridgehead atoms. The second kappa shape index (κ2) is 10.6. The molecule has 8 rings (SSSR count). The van der Waals surface area contributed by atoms with Crippen molar-refractivity contribution in [2.24, 2.45) is 40.2 Å². The van der Waals surface area contributed by atoms with Crippen molar-refractivity contribution in [1.29, 1.82) is 0 Å². The smallest absolute Gasteiger partial charge is 0.370 e. The van der Waals surface area contributed by atoms with Gasteiger partial charge >= 0.3 is 6.09 Å². The van der Waals surface area contributed by atoms with Crippen LogP contribution in [0.15, 0.2) is 42.6 Å². The van der Waals surface area contributed by atoms with Gasteiger partial charge in [-0.2, -0.15) is 0 Å². The molecule has 0 radical (unpaired) electrons. The van der Waals surface area contributed by atoms with E-state index in [2.05, 4.69) is 54.1 Å². The van der Waals surface area contributed by atoms with Crippen LogP contribution in [0.5, 0.6) is 0 Å². The van der Waals surface area contributed by atoms with Crippen molar-refractivity contribution in [2.45, 2.75) is 71.8 Å². The van der Waals surface area contributed by atoms with E-state index >= 15 is 0 Å². The van der Waals surface area contributed by atoms with E-state index < -0.39 is 6.09 Å². The fourth-order valence-electron chi connectivity index (χ4n) is 9.22. The van der Waals surface area contributed by atoms with Gasteiger partial charge in [-0.05, 0) is 98.3 Å². The Balaban J connectivity index is 1.00. The molecule has 4 aliphatic carbocycles. The number of nitrogens with one attached hydrogen (secondary N) is 1. The lowest BCUT2D eigenvalue weighted by molar-refractivity contribution is -0.145. The monoisotopic (exact) mass is 586 g/mol. The average Bonchev–Trinajstić information content (AvgIpc) is 2.98. The number of hydroxylamine groups is 1. The zero-order valence-electron chi connectivity index (χ0n) is 25.8. The SMILES string of the molecule is CC(C)(C)C1CCN(c2ccc(N3CCN(OC(=O)NC4[C@@H]5CC6C[C@H]4CC(C(N)=O)(C6)C5)c4ccccc43)nc2)CC1. The molecule has 43 heavy (non-hydrogen) atoms. The molecule has 2 aliphatic heterocycles. The minimum absolute atomic E-state index is 0.0371. The summed E-state index contributed by atoms with van der Waals surface area (Å²) in [6.45, 7) is 10.4. The molecular weight excluding hydrogens is 540 g/mol. The number of nitrogens with two attached hydrogens (primary N) is 1. The van der Waals surface area contributed by atoms with Crippen LogP contribution in [0.4, 0.5) is 27.7 Å². The second-order valence-electron chi connectivity index (χ2n) is 14.9. The molecule has 3 heterocycles. The first-order valence-electron chi connectivity index (χ1n) is 16.2. The van der Waals surface area contributed by atoms with E-state index in [1.54, 1.807) is 5.06 Å². The summed E-state index contributed by atoms with van der Waals surface area (Å²) < 4.78 is 0. The number of carbonyl (C=O) groups is 2. The van der Waals surface area contributed by atoms with Crippen LogP contribution in [0, 0.1) is 34.5 Å². The summed E-state index contributed by atoms with van der Waals surface area (Å²) in [4.78, 5) is 41.0. The molecule has 230 valence electrons. The van der Waals surface area contributed by atoms with Crippen LogP contribution in [-0.2, 0) is 9.63 Å². The molecule has 4 saturated carbocycles. The predicted octanol–water partition coefficient (Wildman–Crippen LogP) is 5.62. The highest BCUT2D eigenvalue weighted by atomic mass is 16.7. The van der Waals surface area contributed by atoms with Gasteiger partial charge in [0.25, 0.3) is 0 Å². The van der Waals surface area contributed by atoms with Gasteiger partial charge in [0.1, 0.15) is 5.82 Å². The summed E-state index contributed by atoms with van der Waals surface area (Å²) >= 11 is 0. The van der Waals surface area contributed by atoms with Crippen molar-refractivity contribution < 1.29 is 14.4 Å². The highest BCUT2D eigenvalue weighted by molar-refractivity contribution is 5.82. The van der Waals surface area contributed by atoms with Gasteiger partial charge in [-0.3, -0.25) is 4.79 Å². The largest absolute Gasteiger partial charge is 0.431 e. The molecule has 3 unspecified atom stereocenters. The number of carbonyl (C=O) groups excluding carboxylic acids is 2. The number of hydrogen-bond donors (Lipinski definition) is 2. The fourth-order valence-corrected chi connectivity index (χ4v) is 9.22. The second-order valence-corrected chi connectivity index (χ2v) is 14.9. The quantitative estimate of drug-likeness (QED) is 0.468. The Hall–Kier alpha value is -3.49. The van der Waals surface area contributed by atoms with Gasteiger partial charge in [0.2, 0.25) is 5.91 Å². The third-order valence-corrected chi connectivity index (χ3v) is 11.3. The van der Waals surface area contributed by atoms with E-state index in [9.17, 15) is 9.59 Å². The lowest BCUT2D eigenvalue weighted by atomic mass is 9.47. The Bertz CT molecular complexity index is 1350. The summed E-state index contributed by atoms with van der Waals surface area (Å²) in [5.41, 5.74) is 8.82. The number of primary amides is 1. The lowest BCUT2D eigenvalue weighted by Crippen LogP contribution is -2.62. The summed E-state index contributed by atoms with van der Waals surface area (Å²) in [7, 11) is 0.